The fraction of sp³-hybridized carbons (Fsp3) is 0.182. The van der Waals surface area contributed by atoms with Gasteiger partial charge in [-0.05, 0) is 18.2 Å². The lowest BCUT2D eigenvalue weighted by Gasteiger charge is -2.17. The van der Waals surface area contributed by atoms with Crippen LogP contribution in [0.2, 0.25) is 0 Å². The maximum absolute atomic E-state index is 13.3. The third kappa shape index (κ3) is 1.52. The molecule has 76 valence electrons. The van der Waals surface area contributed by atoms with Crippen LogP contribution in [-0.4, -0.2) is 13.7 Å². The molecule has 3 nitrogen and oxygen atoms in total. The number of hydrogen-bond donors (Lipinski definition) is 0. The fourth-order valence-corrected chi connectivity index (χ4v) is 1.45. The first-order chi connectivity index (χ1) is 7.26. The second-order valence-electron chi connectivity index (χ2n) is 3.06. The van der Waals surface area contributed by atoms with Crippen LogP contribution in [0.3, 0.4) is 0 Å². The molecule has 0 radical (unpaired) electrons. The summed E-state index contributed by atoms with van der Waals surface area (Å²) in [5.74, 6) is 0.200. The van der Waals surface area contributed by atoms with Gasteiger partial charge in [0.05, 0.1) is 24.3 Å². The Morgan fingerprint density at radius 2 is 2.33 bits per heavy atom. The number of halogens is 1. The van der Waals surface area contributed by atoms with Gasteiger partial charge in [-0.25, -0.2) is 4.39 Å². The minimum atomic E-state index is -0.445. The Labute approximate surface area is 86.3 Å². The van der Waals surface area contributed by atoms with E-state index in [1.807, 2.05) is 6.07 Å². The van der Waals surface area contributed by atoms with Crippen molar-refractivity contribution in [3.05, 3.63) is 29.1 Å². The normalized spacial score (nSPS) is 13.3. The molecule has 0 bridgehead atoms. The highest BCUT2D eigenvalue weighted by atomic mass is 19.1. The van der Waals surface area contributed by atoms with Gasteiger partial charge >= 0.3 is 0 Å². The van der Waals surface area contributed by atoms with Crippen molar-refractivity contribution in [2.75, 3.05) is 13.7 Å². The Morgan fingerprint density at radius 1 is 1.53 bits per heavy atom. The molecule has 4 heteroatoms. The Hall–Kier alpha value is -2.02. The zero-order chi connectivity index (χ0) is 10.8. The number of fused-ring (bicyclic) bond motifs is 1. The zero-order valence-corrected chi connectivity index (χ0v) is 8.08. The molecule has 1 aliphatic heterocycles. The van der Waals surface area contributed by atoms with Gasteiger partial charge in [0.1, 0.15) is 12.4 Å². The topological polar surface area (TPSA) is 42.2 Å². The van der Waals surface area contributed by atoms with Crippen LogP contribution in [0.4, 0.5) is 4.39 Å². The van der Waals surface area contributed by atoms with Crippen LogP contribution in [0.1, 0.15) is 5.56 Å². The van der Waals surface area contributed by atoms with E-state index in [1.54, 1.807) is 6.08 Å². The summed E-state index contributed by atoms with van der Waals surface area (Å²) in [5, 5.41) is 8.72. The summed E-state index contributed by atoms with van der Waals surface area (Å²) in [5.41, 5.74) is 0.937. The minimum absolute atomic E-state index is 0.105. The molecule has 0 saturated heterocycles. The Kier molecular flexibility index (Phi) is 2.30. The maximum atomic E-state index is 13.3. The summed E-state index contributed by atoms with van der Waals surface area (Å²) < 4.78 is 23.5. The predicted octanol–water partition coefficient (Wildman–Crippen LogP) is 2.13. The molecular formula is C11H8FNO2. The Balaban J connectivity index is 2.62. The standard InChI is InChI=1S/C11H8FNO2/c1-14-10-3-2-9(12)11-8(10)4-7(5-13)6-15-11/h2-4H,6H2,1H3. The lowest BCUT2D eigenvalue weighted by molar-refractivity contribution is 0.325. The summed E-state index contributed by atoms with van der Waals surface area (Å²) >= 11 is 0. The molecule has 0 saturated carbocycles. The highest BCUT2D eigenvalue weighted by molar-refractivity contribution is 5.70. The predicted molar refractivity (Wildman–Crippen MR) is 52.0 cm³/mol. The van der Waals surface area contributed by atoms with Crippen molar-refractivity contribution in [1.29, 1.82) is 5.26 Å². The number of rotatable bonds is 1. The van der Waals surface area contributed by atoms with Gasteiger partial charge in [-0.2, -0.15) is 5.26 Å². The molecule has 1 aromatic carbocycles. The first-order valence-corrected chi connectivity index (χ1v) is 4.36. The average molecular weight is 205 g/mol. The molecule has 1 aliphatic rings. The van der Waals surface area contributed by atoms with Gasteiger partial charge in [0.15, 0.2) is 11.6 Å². The molecule has 15 heavy (non-hydrogen) atoms. The highest BCUT2D eigenvalue weighted by Gasteiger charge is 2.19. The number of methoxy groups -OCH3 is 1. The first-order valence-electron chi connectivity index (χ1n) is 4.36. The molecule has 0 spiro atoms. The van der Waals surface area contributed by atoms with Gasteiger partial charge in [0.25, 0.3) is 0 Å². The van der Waals surface area contributed by atoms with E-state index in [1.165, 1.54) is 19.2 Å². The average Bonchev–Trinajstić information content (AvgIpc) is 2.29. The van der Waals surface area contributed by atoms with E-state index < -0.39 is 5.82 Å². The van der Waals surface area contributed by atoms with Gasteiger partial charge < -0.3 is 9.47 Å². The molecule has 0 unspecified atom stereocenters. The molecule has 0 aromatic heterocycles. The Morgan fingerprint density at radius 3 is 3.00 bits per heavy atom. The van der Waals surface area contributed by atoms with E-state index in [9.17, 15) is 4.39 Å². The highest BCUT2D eigenvalue weighted by Crippen LogP contribution is 2.35. The van der Waals surface area contributed by atoms with Crippen molar-refractivity contribution in [2.45, 2.75) is 0 Å². The lowest BCUT2D eigenvalue weighted by atomic mass is 10.1. The van der Waals surface area contributed by atoms with E-state index in [2.05, 4.69) is 0 Å². The lowest BCUT2D eigenvalue weighted by Crippen LogP contribution is -2.08. The Bertz CT molecular complexity index is 474. The van der Waals surface area contributed by atoms with Gasteiger partial charge in [0, 0.05) is 0 Å². The van der Waals surface area contributed by atoms with Crippen molar-refractivity contribution in [2.24, 2.45) is 0 Å². The van der Waals surface area contributed by atoms with Crippen molar-refractivity contribution in [3.8, 4) is 17.6 Å². The number of ether oxygens (including phenoxy) is 2. The minimum Gasteiger partial charge on any atom is -0.496 e. The molecule has 0 amide bonds. The number of nitriles is 1. The maximum Gasteiger partial charge on any atom is 0.166 e. The summed E-state index contributed by atoms with van der Waals surface area (Å²) in [7, 11) is 1.49. The van der Waals surface area contributed by atoms with Crippen molar-refractivity contribution < 1.29 is 13.9 Å². The molecular weight excluding hydrogens is 197 g/mol. The van der Waals surface area contributed by atoms with Crippen LogP contribution < -0.4 is 9.47 Å². The van der Waals surface area contributed by atoms with Gasteiger partial charge in [0.2, 0.25) is 0 Å². The van der Waals surface area contributed by atoms with Crippen molar-refractivity contribution in [1.82, 2.24) is 0 Å². The van der Waals surface area contributed by atoms with Gasteiger partial charge in [-0.3, -0.25) is 0 Å². The number of nitrogens with zero attached hydrogens (tertiary/aromatic N) is 1. The van der Waals surface area contributed by atoms with E-state index in [4.69, 9.17) is 14.7 Å². The smallest absolute Gasteiger partial charge is 0.166 e. The number of hydrogen-bond acceptors (Lipinski definition) is 3. The third-order valence-electron chi connectivity index (χ3n) is 2.16. The van der Waals surface area contributed by atoms with Crippen molar-refractivity contribution in [3.63, 3.8) is 0 Å². The quantitative estimate of drug-likeness (QED) is 0.705. The second-order valence-corrected chi connectivity index (χ2v) is 3.06. The van der Waals surface area contributed by atoms with Crippen LogP contribution >= 0.6 is 0 Å². The third-order valence-corrected chi connectivity index (χ3v) is 2.16. The number of benzene rings is 1. The van der Waals surface area contributed by atoms with Gasteiger partial charge in [-0.15, -0.1) is 0 Å². The molecule has 0 atom stereocenters. The van der Waals surface area contributed by atoms with Crippen LogP contribution in [0.5, 0.6) is 11.5 Å². The monoisotopic (exact) mass is 205 g/mol. The molecule has 2 rings (SSSR count). The summed E-state index contributed by atoms with van der Waals surface area (Å²) in [6, 6.07) is 4.76. The summed E-state index contributed by atoms with van der Waals surface area (Å²) in [6.07, 6.45) is 1.58. The van der Waals surface area contributed by atoms with Crippen LogP contribution in [0.25, 0.3) is 6.08 Å². The fourth-order valence-electron chi connectivity index (χ4n) is 1.45. The molecule has 0 fully saturated rings. The molecule has 0 N–H and O–H groups in total. The first kappa shape index (κ1) is 9.53. The van der Waals surface area contributed by atoms with Crippen LogP contribution in [-0.2, 0) is 0 Å². The van der Waals surface area contributed by atoms with E-state index in [-0.39, 0.29) is 12.4 Å². The summed E-state index contributed by atoms with van der Waals surface area (Å²) in [4.78, 5) is 0. The SMILES string of the molecule is COc1ccc(F)c2c1C=C(C#N)CO2. The van der Waals surface area contributed by atoms with E-state index in [0.29, 0.717) is 16.9 Å². The molecule has 0 aliphatic carbocycles. The van der Waals surface area contributed by atoms with E-state index >= 15 is 0 Å². The van der Waals surface area contributed by atoms with Crippen LogP contribution in [0.15, 0.2) is 17.7 Å². The van der Waals surface area contributed by atoms with Crippen molar-refractivity contribution >= 4 is 6.08 Å². The molecule has 1 heterocycles. The van der Waals surface area contributed by atoms with E-state index in [0.717, 1.165) is 0 Å². The van der Waals surface area contributed by atoms with Crippen LogP contribution in [0, 0.1) is 17.1 Å². The largest absolute Gasteiger partial charge is 0.496 e. The van der Waals surface area contributed by atoms with Gasteiger partial charge in [-0.1, -0.05) is 0 Å². The molecule has 1 aromatic rings. The second kappa shape index (κ2) is 3.62. The zero-order valence-electron chi connectivity index (χ0n) is 8.08. The summed E-state index contributed by atoms with van der Waals surface area (Å²) in [6.45, 7) is 0.105.